The van der Waals surface area contributed by atoms with E-state index in [0.717, 1.165) is 33.7 Å². The molecule has 0 unspecified atom stereocenters. The Hall–Kier alpha value is -2.86. The van der Waals surface area contributed by atoms with Gasteiger partial charge >= 0.3 is 6.92 Å². The van der Waals surface area contributed by atoms with Crippen molar-refractivity contribution in [3.8, 4) is 5.75 Å². The van der Waals surface area contributed by atoms with Crippen molar-refractivity contribution in [1.82, 2.24) is 4.98 Å². The molecule has 0 N–H and O–H groups in total. The Labute approximate surface area is 165 Å². The van der Waals surface area contributed by atoms with Crippen molar-refractivity contribution in [3.05, 3.63) is 77.4 Å². The molecule has 2 heterocycles. The summed E-state index contributed by atoms with van der Waals surface area (Å²) in [5.41, 5.74) is 5.33. The SMILES string of the molecule is CB1OCc2cc(F)c(N(C)c3ccc(OCc4ccccn4)cc3C)cc21. The number of ether oxygens (including phenoxy) is 1. The lowest BCUT2D eigenvalue weighted by Gasteiger charge is -2.23. The van der Waals surface area contributed by atoms with Gasteiger partial charge in [0.15, 0.2) is 0 Å². The summed E-state index contributed by atoms with van der Waals surface area (Å²) in [4.78, 5) is 6.13. The number of aryl methyl sites for hydroxylation is 1. The molecule has 0 radical (unpaired) electrons. The van der Waals surface area contributed by atoms with Crippen LogP contribution in [0.15, 0.2) is 54.7 Å². The van der Waals surface area contributed by atoms with Gasteiger partial charge in [-0.05, 0) is 66.0 Å². The largest absolute Gasteiger partial charge is 0.487 e. The molecule has 0 fully saturated rings. The number of pyridine rings is 1. The van der Waals surface area contributed by atoms with E-state index in [0.29, 0.717) is 18.9 Å². The second-order valence-corrected chi connectivity index (χ2v) is 7.07. The maximum atomic E-state index is 14.7. The van der Waals surface area contributed by atoms with E-state index in [2.05, 4.69) is 4.98 Å². The molecule has 0 bridgehead atoms. The topological polar surface area (TPSA) is 34.6 Å². The number of hydrogen-bond acceptors (Lipinski definition) is 4. The molecule has 6 heteroatoms. The van der Waals surface area contributed by atoms with E-state index in [1.165, 1.54) is 0 Å². The molecule has 0 spiro atoms. The third-order valence-electron chi connectivity index (χ3n) is 5.14. The van der Waals surface area contributed by atoms with Gasteiger partial charge in [0.05, 0.1) is 18.0 Å². The highest BCUT2D eigenvalue weighted by Gasteiger charge is 2.26. The van der Waals surface area contributed by atoms with Gasteiger partial charge in [-0.2, -0.15) is 0 Å². The van der Waals surface area contributed by atoms with Crippen LogP contribution in [0.3, 0.4) is 0 Å². The highest BCUT2D eigenvalue weighted by molar-refractivity contribution is 6.67. The standard InChI is InChI=1S/C22H22BFN2O2/c1-15-10-18(27-14-17-6-4-5-9-25-17)7-8-21(15)26(3)22-12-19-16(11-20(22)24)13-28-23(19)2/h4-12H,13-14H2,1-3H3. The molecular weight excluding hydrogens is 354 g/mol. The van der Waals surface area contributed by atoms with Crippen LogP contribution in [0.25, 0.3) is 0 Å². The lowest BCUT2D eigenvalue weighted by molar-refractivity contribution is 0.301. The molecule has 2 aromatic carbocycles. The van der Waals surface area contributed by atoms with Gasteiger partial charge in [-0.3, -0.25) is 4.98 Å². The van der Waals surface area contributed by atoms with Crippen LogP contribution in [0.5, 0.6) is 5.75 Å². The second-order valence-electron chi connectivity index (χ2n) is 7.07. The number of nitrogens with zero attached hydrogens (tertiary/aromatic N) is 2. The minimum Gasteiger partial charge on any atom is -0.487 e. The number of halogens is 1. The summed E-state index contributed by atoms with van der Waals surface area (Å²) in [6.07, 6.45) is 1.75. The Morgan fingerprint density at radius 2 is 2.04 bits per heavy atom. The zero-order chi connectivity index (χ0) is 19.7. The number of fused-ring (bicyclic) bond motifs is 1. The smallest absolute Gasteiger partial charge is 0.324 e. The fraction of sp³-hybridized carbons (Fsp3) is 0.227. The first kappa shape index (κ1) is 18.5. The van der Waals surface area contributed by atoms with Crippen LogP contribution >= 0.6 is 0 Å². The van der Waals surface area contributed by atoms with Crippen molar-refractivity contribution in [3.63, 3.8) is 0 Å². The first-order valence-corrected chi connectivity index (χ1v) is 9.34. The molecule has 1 aromatic heterocycles. The number of aromatic nitrogens is 1. The molecule has 28 heavy (non-hydrogen) atoms. The molecule has 4 rings (SSSR count). The van der Waals surface area contributed by atoms with Crippen molar-refractivity contribution < 1.29 is 13.8 Å². The fourth-order valence-corrected chi connectivity index (χ4v) is 3.55. The van der Waals surface area contributed by atoms with Crippen LogP contribution in [-0.2, 0) is 17.9 Å². The molecule has 142 valence electrons. The van der Waals surface area contributed by atoms with Crippen LogP contribution in [0.1, 0.15) is 16.8 Å². The Kier molecular flexibility index (Phi) is 5.05. The zero-order valence-corrected chi connectivity index (χ0v) is 16.3. The van der Waals surface area contributed by atoms with Gasteiger partial charge in [0, 0.05) is 18.9 Å². The molecule has 1 aliphatic rings. The number of anilines is 2. The molecule has 4 nitrogen and oxygen atoms in total. The van der Waals surface area contributed by atoms with E-state index in [1.807, 2.05) is 68.2 Å². The van der Waals surface area contributed by atoms with E-state index in [-0.39, 0.29) is 12.7 Å². The van der Waals surface area contributed by atoms with E-state index in [4.69, 9.17) is 9.39 Å². The summed E-state index contributed by atoms with van der Waals surface area (Å²) in [5.74, 6) is 0.519. The van der Waals surface area contributed by atoms with Crippen LogP contribution in [0.4, 0.5) is 15.8 Å². The minimum atomic E-state index is -0.242. The lowest BCUT2D eigenvalue weighted by atomic mass is 9.64. The third-order valence-corrected chi connectivity index (χ3v) is 5.14. The van der Waals surface area contributed by atoms with Gasteiger partial charge in [-0.15, -0.1) is 0 Å². The number of hydrogen-bond donors (Lipinski definition) is 0. The van der Waals surface area contributed by atoms with Crippen molar-refractivity contribution in [2.45, 2.75) is 27.0 Å². The minimum absolute atomic E-state index is 0.00813. The molecule has 0 saturated heterocycles. The Balaban J connectivity index is 1.55. The summed E-state index contributed by atoms with van der Waals surface area (Å²) in [7, 11) is 1.88. The van der Waals surface area contributed by atoms with Gasteiger partial charge in [0.1, 0.15) is 18.2 Å². The van der Waals surface area contributed by atoms with Crippen molar-refractivity contribution in [2.75, 3.05) is 11.9 Å². The summed E-state index contributed by atoms with van der Waals surface area (Å²) in [5, 5.41) is 0. The van der Waals surface area contributed by atoms with Gasteiger partial charge in [-0.25, -0.2) is 4.39 Å². The molecular formula is C22H22BFN2O2. The molecule has 0 saturated carbocycles. The number of rotatable bonds is 5. The first-order chi connectivity index (χ1) is 13.5. The van der Waals surface area contributed by atoms with Gasteiger partial charge < -0.3 is 14.3 Å². The fourth-order valence-electron chi connectivity index (χ4n) is 3.55. The molecule has 0 aliphatic carbocycles. The van der Waals surface area contributed by atoms with E-state index < -0.39 is 0 Å². The van der Waals surface area contributed by atoms with E-state index in [1.54, 1.807) is 12.3 Å². The third kappa shape index (κ3) is 3.60. The molecule has 0 amide bonds. The summed E-state index contributed by atoms with van der Waals surface area (Å²) >= 11 is 0. The van der Waals surface area contributed by atoms with Crippen molar-refractivity contribution in [2.24, 2.45) is 0 Å². The average molecular weight is 376 g/mol. The maximum Gasteiger partial charge on any atom is 0.324 e. The first-order valence-electron chi connectivity index (χ1n) is 9.34. The second kappa shape index (κ2) is 7.64. The molecule has 0 atom stereocenters. The monoisotopic (exact) mass is 376 g/mol. The maximum absolute atomic E-state index is 14.7. The van der Waals surface area contributed by atoms with Crippen LogP contribution in [-0.4, -0.2) is 18.9 Å². The predicted octanol–water partition coefficient (Wildman–Crippen LogP) is 4.23. The lowest BCUT2D eigenvalue weighted by Crippen LogP contribution is -2.26. The van der Waals surface area contributed by atoms with E-state index in [9.17, 15) is 4.39 Å². The number of benzene rings is 2. The molecule has 1 aliphatic heterocycles. The highest BCUT2D eigenvalue weighted by Crippen LogP contribution is 2.32. The predicted molar refractivity (Wildman–Crippen MR) is 110 cm³/mol. The normalized spacial score (nSPS) is 12.8. The van der Waals surface area contributed by atoms with Crippen LogP contribution in [0, 0.1) is 12.7 Å². The summed E-state index contributed by atoms with van der Waals surface area (Å²) < 4.78 is 26.2. The van der Waals surface area contributed by atoms with E-state index >= 15 is 0 Å². The molecule has 3 aromatic rings. The Morgan fingerprint density at radius 1 is 1.18 bits per heavy atom. The Morgan fingerprint density at radius 3 is 2.79 bits per heavy atom. The van der Waals surface area contributed by atoms with Gasteiger partial charge in [0.25, 0.3) is 0 Å². The highest BCUT2D eigenvalue weighted by atomic mass is 19.1. The van der Waals surface area contributed by atoms with Gasteiger partial charge in [0.2, 0.25) is 0 Å². The Bertz CT molecular complexity index is 997. The zero-order valence-electron chi connectivity index (χ0n) is 16.3. The average Bonchev–Trinajstić information content (AvgIpc) is 3.06. The van der Waals surface area contributed by atoms with Gasteiger partial charge in [-0.1, -0.05) is 12.9 Å². The quantitative estimate of drug-likeness (QED) is 0.624. The van der Waals surface area contributed by atoms with Crippen molar-refractivity contribution >= 4 is 23.8 Å². The van der Waals surface area contributed by atoms with Crippen LogP contribution in [0.2, 0.25) is 6.82 Å². The summed E-state index contributed by atoms with van der Waals surface area (Å²) in [6.45, 7) is 4.86. The van der Waals surface area contributed by atoms with Crippen molar-refractivity contribution in [1.29, 1.82) is 0 Å². The van der Waals surface area contributed by atoms with Crippen LogP contribution < -0.4 is 15.1 Å². The summed E-state index contributed by atoms with van der Waals surface area (Å²) in [6, 6.07) is 15.0.